The summed E-state index contributed by atoms with van der Waals surface area (Å²) in [6.07, 6.45) is 3.42. The first-order chi connectivity index (χ1) is 17.4. The van der Waals surface area contributed by atoms with E-state index >= 15 is 0 Å². The molecule has 3 aromatic rings. The minimum absolute atomic E-state index is 0.0261. The molecule has 1 aliphatic heterocycles. The van der Waals surface area contributed by atoms with Gasteiger partial charge in [0.2, 0.25) is 0 Å². The van der Waals surface area contributed by atoms with E-state index in [-0.39, 0.29) is 17.9 Å². The number of amides is 2. The van der Waals surface area contributed by atoms with Crippen LogP contribution in [0.25, 0.3) is 0 Å². The second-order valence-corrected chi connectivity index (χ2v) is 9.78. The minimum atomic E-state index is -0.117. The zero-order valence-electron chi connectivity index (χ0n) is 20.6. The van der Waals surface area contributed by atoms with Gasteiger partial charge in [-0.1, -0.05) is 30.3 Å². The zero-order valence-corrected chi connectivity index (χ0v) is 22.2. The molecule has 0 bridgehead atoms. The second-order valence-electron chi connectivity index (χ2n) is 8.93. The Kier molecular flexibility index (Phi) is 8.59. The molecule has 7 nitrogen and oxygen atoms in total. The summed E-state index contributed by atoms with van der Waals surface area (Å²) in [5.74, 6) is 1.31. The number of nitrogens with one attached hydrogen (secondary N) is 1. The predicted octanol–water partition coefficient (Wildman–Crippen LogP) is 4.57. The number of rotatable bonds is 8. The highest BCUT2D eigenvalue weighted by Crippen LogP contribution is 2.25. The third-order valence-corrected chi connectivity index (χ3v) is 7.08. The average Bonchev–Trinajstić information content (AvgIpc) is 2.92. The van der Waals surface area contributed by atoms with E-state index in [0.717, 1.165) is 23.1 Å². The summed E-state index contributed by atoms with van der Waals surface area (Å²) in [4.78, 5) is 34.2. The molecule has 0 aliphatic carbocycles. The van der Waals surface area contributed by atoms with Gasteiger partial charge in [0, 0.05) is 42.9 Å². The number of pyridine rings is 1. The number of nitrogens with zero attached hydrogens (tertiary/aromatic N) is 3. The zero-order chi connectivity index (χ0) is 25.5. The Bertz CT molecular complexity index is 1180. The van der Waals surface area contributed by atoms with Crippen LogP contribution < -0.4 is 15.0 Å². The second kappa shape index (κ2) is 12.0. The first-order valence-corrected chi connectivity index (χ1v) is 12.9. The van der Waals surface area contributed by atoms with Gasteiger partial charge in [-0.05, 0) is 71.6 Å². The van der Waals surface area contributed by atoms with Gasteiger partial charge in [0.1, 0.15) is 11.6 Å². The lowest BCUT2D eigenvalue weighted by Gasteiger charge is -2.35. The molecule has 0 spiro atoms. The van der Waals surface area contributed by atoms with E-state index in [9.17, 15) is 9.59 Å². The molecule has 1 fully saturated rings. The third kappa shape index (κ3) is 6.43. The van der Waals surface area contributed by atoms with E-state index in [1.165, 1.54) is 5.56 Å². The van der Waals surface area contributed by atoms with Crippen molar-refractivity contribution in [2.45, 2.75) is 25.8 Å². The largest absolute Gasteiger partial charge is 0.497 e. The van der Waals surface area contributed by atoms with Crippen molar-refractivity contribution in [2.75, 3.05) is 38.2 Å². The SMILES string of the molecule is COc1ccc(Br)c(C(=O)N2CCN(c3ccc(C(=O)NC(C)CCc4ccccc4)cn3)CC2)c1. The van der Waals surface area contributed by atoms with Crippen molar-refractivity contribution in [3.63, 3.8) is 0 Å². The first-order valence-electron chi connectivity index (χ1n) is 12.1. The van der Waals surface area contributed by atoms with Gasteiger partial charge >= 0.3 is 0 Å². The van der Waals surface area contributed by atoms with E-state index < -0.39 is 0 Å². The summed E-state index contributed by atoms with van der Waals surface area (Å²) in [6.45, 7) is 4.54. The summed E-state index contributed by atoms with van der Waals surface area (Å²) in [7, 11) is 1.59. The number of aromatic nitrogens is 1. The highest BCUT2D eigenvalue weighted by molar-refractivity contribution is 9.10. The lowest BCUT2D eigenvalue weighted by molar-refractivity contribution is 0.0745. The van der Waals surface area contributed by atoms with Crippen LogP contribution in [0.15, 0.2) is 71.3 Å². The molecule has 1 atom stereocenters. The van der Waals surface area contributed by atoms with Crippen molar-refractivity contribution in [3.05, 3.63) is 88.0 Å². The molecule has 8 heteroatoms. The molecule has 1 N–H and O–H groups in total. The number of methoxy groups -OCH3 is 1. The van der Waals surface area contributed by atoms with Crippen LogP contribution in [0.3, 0.4) is 0 Å². The summed E-state index contributed by atoms with van der Waals surface area (Å²) in [6, 6.07) is 19.4. The fourth-order valence-electron chi connectivity index (χ4n) is 4.22. The molecule has 2 aromatic carbocycles. The Morgan fingerprint density at radius 1 is 1.06 bits per heavy atom. The van der Waals surface area contributed by atoms with Gasteiger partial charge in [0.25, 0.3) is 11.8 Å². The van der Waals surface area contributed by atoms with E-state index in [2.05, 4.69) is 43.3 Å². The van der Waals surface area contributed by atoms with Crippen LogP contribution >= 0.6 is 15.9 Å². The van der Waals surface area contributed by atoms with Crippen molar-refractivity contribution in [3.8, 4) is 5.75 Å². The van der Waals surface area contributed by atoms with Gasteiger partial charge in [0.15, 0.2) is 0 Å². The number of carbonyl (C=O) groups is 2. The maximum Gasteiger partial charge on any atom is 0.255 e. The number of hydrogen-bond acceptors (Lipinski definition) is 5. The molecule has 4 rings (SSSR count). The molecule has 0 radical (unpaired) electrons. The van der Waals surface area contributed by atoms with E-state index in [1.54, 1.807) is 19.4 Å². The van der Waals surface area contributed by atoms with Crippen molar-refractivity contribution >= 4 is 33.6 Å². The quantitative estimate of drug-likeness (QED) is 0.444. The fraction of sp³-hybridized carbons (Fsp3) is 0.321. The number of hydrogen-bond donors (Lipinski definition) is 1. The number of ether oxygens (including phenoxy) is 1. The number of carbonyl (C=O) groups excluding carboxylic acids is 2. The molecule has 2 heterocycles. The lowest BCUT2D eigenvalue weighted by Crippen LogP contribution is -2.49. The minimum Gasteiger partial charge on any atom is -0.497 e. The summed E-state index contributed by atoms with van der Waals surface area (Å²) < 4.78 is 6.01. The maximum absolute atomic E-state index is 13.0. The maximum atomic E-state index is 13.0. The standard InChI is InChI=1S/C28H31BrN4O3/c1-20(8-9-21-6-4-3-5-7-21)31-27(34)22-10-13-26(30-19-22)32-14-16-33(17-15-32)28(35)24-18-23(36-2)11-12-25(24)29/h3-7,10-13,18-20H,8-9,14-17H2,1-2H3,(H,31,34). The third-order valence-electron chi connectivity index (χ3n) is 6.39. The Labute approximate surface area is 220 Å². The molecule has 1 unspecified atom stereocenters. The summed E-state index contributed by atoms with van der Waals surface area (Å²) in [5, 5.41) is 3.06. The normalized spacial score (nSPS) is 14.3. The predicted molar refractivity (Wildman–Crippen MR) is 145 cm³/mol. The Hall–Kier alpha value is -3.39. The Balaban J connectivity index is 1.28. The number of anilines is 1. The number of benzene rings is 2. The number of piperazine rings is 1. The van der Waals surface area contributed by atoms with Gasteiger partial charge in [-0.3, -0.25) is 9.59 Å². The van der Waals surface area contributed by atoms with Gasteiger partial charge in [0.05, 0.1) is 18.2 Å². The van der Waals surface area contributed by atoms with Crippen LogP contribution in [0.1, 0.15) is 39.6 Å². The summed E-state index contributed by atoms with van der Waals surface area (Å²) >= 11 is 3.47. The Morgan fingerprint density at radius 3 is 2.47 bits per heavy atom. The van der Waals surface area contributed by atoms with Gasteiger partial charge in [-0.25, -0.2) is 4.98 Å². The number of halogens is 1. The van der Waals surface area contributed by atoms with Crippen molar-refractivity contribution in [1.29, 1.82) is 0 Å². The number of aryl methyl sites for hydroxylation is 1. The van der Waals surface area contributed by atoms with E-state index in [4.69, 9.17) is 4.74 Å². The lowest BCUT2D eigenvalue weighted by atomic mass is 10.1. The molecular formula is C28H31BrN4O3. The highest BCUT2D eigenvalue weighted by atomic mass is 79.9. The molecule has 188 valence electrons. The van der Waals surface area contributed by atoms with Gasteiger partial charge in [-0.15, -0.1) is 0 Å². The molecule has 1 aliphatic rings. The monoisotopic (exact) mass is 550 g/mol. The van der Waals surface area contributed by atoms with Crippen LogP contribution in [0, 0.1) is 0 Å². The topological polar surface area (TPSA) is 74.8 Å². The van der Waals surface area contributed by atoms with Crippen LogP contribution in [0.5, 0.6) is 5.75 Å². The van der Waals surface area contributed by atoms with Gasteiger partial charge in [-0.2, -0.15) is 0 Å². The fourth-order valence-corrected chi connectivity index (χ4v) is 4.64. The smallest absolute Gasteiger partial charge is 0.255 e. The Morgan fingerprint density at radius 2 is 1.81 bits per heavy atom. The van der Waals surface area contributed by atoms with Crippen LogP contribution in [0.4, 0.5) is 5.82 Å². The molecule has 1 aromatic heterocycles. The van der Waals surface area contributed by atoms with Crippen LogP contribution in [-0.4, -0.2) is 61.0 Å². The van der Waals surface area contributed by atoms with Gasteiger partial charge < -0.3 is 19.9 Å². The highest BCUT2D eigenvalue weighted by Gasteiger charge is 2.24. The van der Waals surface area contributed by atoms with Crippen molar-refractivity contribution in [2.24, 2.45) is 0 Å². The van der Waals surface area contributed by atoms with Crippen molar-refractivity contribution < 1.29 is 14.3 Å². The average molecular weight is 551 g/mol. The van der Waals surface area contributed by atoms with Crippen molar-refractivity contribution in [1.82, 2.24) is 15.2 Å². The first kappa shape index (κ1) is 25.7. The van der Waals surface area contributed by atoms with Crippen LogP contribution in [-0.2, 0) is 6.42 Å². The van der Waals surface area contributed by atoms with E-state index in [1.807, 2.05) is 54.3 Å². The molecule has 1 saturated heterocycles. The molecular weight excluding hydrogens is 520 g/mol. The van der Waals surface area contributed by atoms with Crippen LogP contribution in [0.2, 0.25) is 0 Å². The molecule has 36 heavy (non-hydrogen) atoms. The van der Waals surface area contributed by atoms with E-state index in [0.29, 0.717) is 43.1 Å². The summed E-state index contributed by atoms with van der Waals surface area (Å²) in [5.41, 5.74) is 2.40. The molecule has 0 saturated carbocycles. The molecule has 2 amide bonds.